The number of carbonyl (C=O) groups excluding carboxylic acids is 2. The maximum absolute atomic E-state index is 10.3. The molecule has 0 aromatic carbocycles. The first-order chi connectivity index (χ1) is 3.55. The second kappa shape index (κ2) is 3.01. The minimum atomic E-state index is -0.238. The summed E-state index contributed by atoms with van der Waals surface area (Å²) in [5.41, 5.74) is 0. The molecule has 2 amide bonds. The van der Waals surface area contributed by atoms with Gasteiger partial charge in [0.1, 0.15) is 0 Å². The molecule has 0 fully saturated rings. The van der Waals surface area contributed by atoms with Gasteiger partial charge in [-0.05, 0) is 0 Å². The van der Waals surface area contributed by atoms with Gasteiger partial charge in [-0.2, -0.15) is 0 Å². The molecule has 0 spiro atoms. The van der Waals surface area contributed by atoms with Crippen LogP contribution in [0.25, 0.3) is 0 Å². The summed E-state index contributed by atoms with van der Waals surface area (Å²) in [6.07, 6.45) is 0. The molecule has 0 bridgehead atoms. The van der Waals surface area contributed by atoms with Crippen LogP contribution in [0.3, 0.4) is 0 Å². The van der Waals surface area contributed by atoms with Crippen LogP contribution in [0.5, 0.6) is 0 Å². The highest BCUT2D eigenvalue weighted by Gasteiger charge is 2.06. The van der Waals surface area contributed by atoms with E-state index in [1.54, 1.807) is 22.9 Å². The molecule has 8 heavy (non-hydrogen) atoms. The molecule has 0 aromatic rings. The Morgan fingerprint density at radius 3 is 1.50 bits per heavy atom. The molecule has 3 nitrogen and oxygen atoms in total. The third kappa shape index (κ3) is 2.25. The van der Waals surface area contributed by atoms with Crippen LogP contribution in [0, 0.1) is 0 Å². The number of imide groups is 1. The van der Waals surface area contributed by atoms with Crippen molar-refractivity contribution in [1.82, 2.24) is 3.11 Å². The van der Waals surface area contributed by atoms with Gasteiger partial charge in [-0.25, -0.2) is 3.11 Å². The lowest BCUT2D eigenvalue weighted by Gasteiger charge is -2.03. The van der Waals surface area contributed by atoms with E-state index >= 15 is 0 Å². The van der Waals surface area contributed by atoms with Crippen molar-refractivity contribution in [3.05, 3.63) is 0 Å². The summed E-state index contributed by atoms with van der Waals surface area (Å²) in [5, 5.41) is 0. The Bertz CT molecular complexity index is 109. The molecular weight excluding hydrogens is 221 g/mol. The standard InChI is InChI=1S/C4H6INO2/c1-3(7)6(5)4(2)8/h1-2H3. The Balaban J connectivity index is 3.83. The molecular formula is C4H6INO2. The van der Waals surface area contributed by atoms with Crippen molar-refractivity contribution < 1.29 is 9.59 Å². The van der Waals surface area contributed by atoms with Crippen LogP contribution < -0.4 is 0 Å². The lowest BCUT2D eigenvalue weighted by molar-refractivity contribution is -0.133. The van der Waals surface area contributed by atoms with Gasteiger partial charge in [0.2, 0.25) is 11.8 Å². The third-order valence-electron chi connectivity index (χ3n) is 0.553. The van der Waals surface area contributed by atoms with E-state index in [9.17, 15) is 9.59 Å². The predicted molar refractivity (Wildman–Crippen MR) is 37.2 cm³/mol. The van der Waals surface area contributed by atoms with Gasteiger partial charge in [0.25, 0.3) is 0 Å². The van der Waals surface area contributed by atoms with E-state index in [-0.39, 0.29) is 11.8 Å². The minimum absolute atomic E-state index is 0.238. The summed E-state index contributed by atoms with van der Waals surface area (Å²) in [7, 11) is 0. The van der Waals surface area contributed by atoms with Crippen molar-refractivity contribution in [2.24, 2.45) is 0 Å². The van der Waals surface area contributed by atoms with Gasteiger partial charge in [0.05, 0.1) is 22.9 Å². The normalized spacial score (nSPS) is 8.38. The molecule has 0 unspecified atom stereocenters. The second-order valence-electron chi connectivity index (χ2n) is 1.32. The lowest BCUT2D eigenvalue weighted by Crippen LogP contribution is -2.21. The summed E-state index contributed by atoms with van der Waals surface area (Å²) in [5.74, 6) is -0.476. The van der Waals surface area contributed by atoms with Crippen LogP contribution in [0.2, 0.25) is 0 Å². The molecule has 0 aliphatic heterocycles. The van der Waals surface area contributed by atoms with Gasteiger partial charge in [-0.3, -0.25) is 9.59 Å². The zero-order valence-corrected chi connectivity index (χ0v) is 6.80. The molecule has 0 N–H and O–H groups in total. The second-order valence-corrected chi connectivity index (χ2v) is 2.28. The number of rotatable bonds is 0. The summed E-state index contributed by atoms with van der Waals surface area (Å²) in [6.45, 7) is 2.68. The molecule has 0 rings (SSSR count). The zero-order valence-electron chi connectivity index (χ0n) is 4.64. The van der Waals surface area contributed by atoms with Gasteiger partial charge >= 0.3 is 0 Å². The van der Waals surface area contributed by atoms with Gasteiger partial charge in [0, 0.05) is 13.8 Å². The van der Waals surface area contributed by atoms with Crippen LogP contribution in [0.4, 0.5) is 0 Å². The molecule has 0 aliphatic rings. The van der Waals surface area contributed by atoms with E-state index in [0.717, 1.165) is 3.11 Å². The fourth-order valence-electron chi connectivity index (χ4n) is 0.222. The maximum atomic E-state index is 10.3. The quantitative estimate of drug-likeness (QED) is 0.452. The van der Waals surface area contributed by atoms with E-state index in [1.807, 2.05) is 0 Å². The number of halogens is 1. The minimum Gasteiger partial charge on any atom is -0.274 e. The van der Waals surface area contributed by atoms with Crippen LogP contribution in [0.1, 0.15) is 13.8 Å². The van der Waals surface area contributed by atoms with E-state index in [1.165, 1.54) is 13.8 Å². The fraction of sp³-hybridized carbons (Fsp3) is 0.500. The maximum Gasteiger partial charge on any atom is 0.235 e. The van der Waals surface area contributed by atoms with Crippen LogP contribution in [0.15, 0.2) is 0 Å². The Morgan fingerprint density at radius 1 is 1.25 bits per heavy atom. The van der Waals surface area contributed by atoms with Gasteiger partial charge < -0.3 is 0 Å². The van der Waals surface area contributed by atoms with E-state index in [4.69, 9.17) is 0 Å². The SMILES string of the molecule is CC(=O)N(I)C(C)=O. The van der Waals surface area contributed by atoms with Gasteiger partial charge in [-0.1, -0.05) is 0 Å². The predicted octanol–water partition coefficient (Wildman–Crippen LogP) is 0.731. The Morgan fingerprint density at radius 2 is 1.50 bits per heavy atom. The first kappa shape index (κ1) is 7.87. The van der Waals surface area contributed by atoms with Crippen molar-refractivity contribution in [3.63, 3.8) is 0 Å². The molecule has 0 aromatic heterocycles. The van der Waals surface area contributed by atoms with E-state index in [0.29, 0.717) is 0 Å². The van der Waals surface area contributed by atoms with Crippen molar-refractivity contribution in [2.45, 2.75) is 13.8 Å². The Labute approximate surface area is 61.5 Å². The fourth-order valence-corrected chi connectivity index (χ4v) is 0.222. The number of hydrogen-bond donors (Lipinski definition) is 0. The number of amides is 2. The third-order valence-corrected chi connectivity index (χ3v) is 1.91. The zero-order chi connectivity index (χ0) is 6.73. The highest BCUT2D eigenvalue weighted by molar-refractivity contribution is 14.1. The number of nitrogens with zero attached hydrogens (tertiary/aromatic N) is 1. The Hall–Kier alpha value is -0.130. The molecule has 0 radical (unpaired) electrons. The van der Waals surface area contributed by atoms with Crippen molar-refractivity contribution in [3.8, 4) is 0 Å². The summed E-state index contributed by atoms with van der Waals surface area (Å²) >= 11 is 1.66. The molecule has 0 saturated carbocycles. The van der Waals surface area contributed by atoms with Crippen molar-refractivity contribution >= 4 is 34.7 Å². The Kier molecular flexibility index (Phi) is 2.96. The van der Waals surface area contributed by atoms with Crippen LogP contribution in [-0.4, -0.2) is 14.9 Å². The smallest absolute Gasteiger partial charge is 0.235 e. The van der Waals surface area contributed by atoms with Crippen molar-refractivity contribution in [1.29, 1.82) is 0 Å². The summed E-state index contributed by atoms with van der Waals surface area (Å²) in [6, 6.07) is 0. The molecule has 4 heteroatoms. The number of hydrogen-bond acceptors (Lipinski definition) is 2. The monoisotopic (exact) mass is 227 g/mol. The van der Waals surface area contributed by atoms with Crippen LogP contribution >= 0.6 is 22.9 Å². The van der Waals surface area contributed by atoms with E-state index < -0.39 is 0 Å². The number of carbonyl (C=O) groups is 2. The van der Waals surface area contributed by atoms with Gasteiger partial charge in [-0.15, -0.1) is 0 Å². The lowest BCUT2D eigenvalue weighted by atomic mass is 10.6. The molecule has 0 atom stereocenters. The highest BCUT2D eigenvalue weighted by atomic mass is 127. The first-order valence-corrected chi connectivity index (χ1v) is 2.99. The summed E-state index contributed by atoms with van der Waals surface area (Å²) < 4.78 is 1.03. The van der Waals surface area contributed by atoms with Crippen LogP contribution in [-0.2, 0) is 9.59 Å². The molecule has 0 aliphatic carbocycles. The average Bonchev–Trinajstić information content (AvgIpc) is 1.64. The molecule has 46 valence electrons. The first-order valence-electron chi connectivity index (χ1n) is 2.02. The highest BCUT2D eigenvalue weighted by Crippen LogP contribution is 1.97. The average molecular weight is 227 g/mol. The van der Waals surface area contributed by atoms with E-state index in [2.05, 4.69) is 0 Å². The largest absolute Gasteiger partial charge is 0.274 e. The molecule has 0 saturated heterocycles. The van der Waals surface area contributed by atoms with Gasteiger partial charge in [0.15, 0.2) is 0 Å². The van der Waals surface area contributed by atoms with Crippen molar-refractivity contribution in [2.75, 3.05) is 0 Å². The topological polar surface area (TPSA) is 37.4 Å². The molecule has 0 heterocycles. The summed E-state index contributed by atoms with van der Waals surface area (Å²) in [4.78, 5) is 20.6.